The molecule has 1 amide bonds. The number of nitrogens with zero attached hydrogens (tertiary/aromatic N) is 5. The van der Waals surface area contributed by atoms with Gasteiger partial charge in [-0.1, -0.05) is 48.5 Å². The Morgan fingerprint density at radius 3 is 2.18 bits per heavy atom. The molecule has 0 bridgehead atoms. The van der Waals surface area contributed by atoms with Crippen LogP contribution in [0.5, 0.6) is 0 Å². The number of piperazine rings is 1. The normalized spacial score (nSPS) is 17.9. The van der Waals surface area contributed by atoms with Crippen molar-refractivity contribution in [3.05, 3.63) is 72.4 Å². The predicted molar refractivity (Wildman–Crippen MR) is 128 cm³/mol. The molecule has 0 N–H and O–H groups in total. The maximum atomic E-state index is 12.7. The predicted octanol–water partition coefficient (Wildman–Crippen LogP) is 2.52. The molecule has 2 fully saturated rings. The Labute approximate surface area is 195 Å². The molecule has 0 unspecified atom stereocenters. The summed E-state index contributed by atoms with van der Waals surface area (Å²) in [7, 11) is 0. The van der Waals surface area contributed by atoms with E-state index in [0.29, 0.717) is 6.54 Å². The van der Waals surface area contributed by atoms with Gasteiger partial charge in [0.1, 0.15) is 0 Å². The van der Waals surface area contributed by atoms with Crippen molar-refractivity contribution in [2.24, 2.45) is 0 Å². The summed E-state index contributed by atoms with van der Waals surface area (Å²) in [4.78, 5) is 19.4. The summed E-state index contributed by atoms with van der Waals surface area (Å²) in [5.41, 5.74) is 4.41. The highest BCUT2D eigenvalue weighted by Gasteiger charge is 2.24. The minimum absolute atomic E-state index is 0.235. The van der Waals surface area contributed by atoms with E-state index in [2.05, 4.69) is 52.4 Å². The van der Waals surface area contributed by atoms with E-state index < -0.39 is 0 Å². The summed E-state index contributed by atoms with van der Waals surface area (Å²) in [6.45, 7) is 7.77. The topological polar surface area (TPSA) is 53.8 Å². The third kappa shape index (κ3) is 5.33. The molecule has 2 aliphatic rings. The highest BCUT2D eigenvalue weighted by molar-refractivity contribution is 5.78. The maximum Gasteiger partial charge on any atom is 0.236 e. The Kier molecular flexibility index (Phi) is 6.81. The lowest BCUT2D eigenvalue weighted by Crippen LogP contribution is -2.52. The second-order valence-corrected chi connectivity index (χ2v) is 8.69. The first kappa shape index (κ1) is 21.8. The second kappa shape index (κ2) is 10.3. The van der Waals surface area contributed by atoms with Crippen molar-refractivity contribution in [3.8, 4) is 16.9 Å². The van der Waals surface area contributed by atoms with Crippen LogP contribution in [-0.4, -0.2) is 89.4 Å². The van der Waals surface area contributed by atoms with Gasteiger partial charge in [0.25, 0.3) is 0 Å². The van der Waals surface area contributed by atoms with Crippen molar-refractivity contribution in [1.82, 2.24) is 24.5 Å². The van der Waals surface area contributed by atoms with Gasteiger partial charge in [-0.25, -0.2) is 4.68 Å². The van der Waals surface area contributed by atoms with Crippen molar-refractivity contribution in [3.63, 3.8) is 0 Å². The molecular weight excluding hydrogens is 414 g/mol. The van der Waals surface area contributed by atoms with Gasteiger partial charge in [-0.05, 0) is 12.1 Å². The molecule has 5 rings (SSSR count). The van der Waals surface area contributed by atoms with E-state index in [-0.39, 0.29) is 5.91 Å². The van der Waals surface area contributed by atoms with E-state index in [1.165, 1.54) is 5.56 Å². The van der Waals surface area contributed by atoms with Crippen LogP contribution in [0.2, 0.25) is 0 Å². The maximum absolute atomic E-state index is 12.7. The number of amides is 1. The van der Waals surface area contributed by atoms with Gasteiger partial charge in [-0.3, -0.25) is 14.6 Å². The fourth-order valence-corrected chi connectivity index (χ4v) is 4.52. The number of carbonyl (C=O) groups is 1. The zero-order valence-corrected chi connectivity index (χ0v) is 19.0. The van der Waals surface area contributed by atoms with Crippen molar-refractivity contribution >= 4 is 5.91 Å². The molecule has 3 aromatic rings. The smallest absolute Gasteiger partial charge is 0.236 e. The van der Waals surface area contributed by atoms with Crippen LogP contribution in [0.25, 0.3) is 16.9 Å². The molecular formula is C26H31N5O2. The monoisotopic (exact) mass is 445 g/mol. The highest BCUT2D eigenvalue weighted by Crippen LogP contribution is 2.25. The number of ether oxygens (including phenoxy) is 1. The largest absolute Gasteiger partial charge is 0.379 e. The number of aromatic nitrogens is 2. The lowest BCUT2D eigenvalue weighted by Gasteiger charge is -2.36. The van der Waals surface area contributed by atoms with Crippen LogP contribution >= 0.6 is 0 Å². The van der Waals surface area contributed by atoms with Gasteiger partial charge in [-0.2, -0.15) is 5.10 Å². The third-order valence-electron chi connectivity index (χ3n) is 6.44. The number of hydrogen-bond donors (Lipinski definition) is 0. The molecule has 33 heavy (non-hydrogen) atoms. The van der Waals surface area contributed by atoms with Gasteiger partial charge in [0.05, 0.1) is 31.1 Å². The number of rotatable bonds is 6. The van der Waals surface area contributed by atoms with Crippen molar-refractivity contribution in [1.29, 1.82) is 0 Å². The number of morpholine rings is 1. The van der Waals surface area contributed by atoms with E-state index in [4.69, 9.17) is 9.84 Å². The average Bonchev–Trinajstić information content (AvgIpc) is 3.30. The lowest BCUT2D eigenvalue weighted by atomic mass is 10.1. The molecule has 0 saturated carbocycles. The Morgan fingerprint density at radius 1 is 0.818 bits per heavy atom. The molecule has 1 aromatic heterocycles. The van der Waals surface area contributed by atoms with Crippen LogP contribution in [0, 0.1) is 0 Å². The molecule has 2 aliphatic heterocycles. The van der Waals surface area contributed by atoms with E-state index in [9.17, 15) is 4.79 Å². The SMILES string of the molecule is O=C(CN1CCOCC1)N1CCN(Cc2cn(-c3ccccc3)nc2-c2ccccc2)CC1. The zero-order chi connectivity index (χ0) is 22.5. The van der Waals surface area contributed by atoms with Crippen LogP contribution in [0.4, 0.5) is 0 Å². The summed E-state index contributed by atoms with van der Waals surface area (Å²) < 4.78 is 7.36. The van der Waals surface area contributed by atoms with E-state index in [1.54, 1.807) is 0 Å². The molecule has 0 aliphatic carbocycles. The van der Waals surface area contributed by atoms with E-state index >= 15 is 0 Å². The van der Waals surface area contributed by atoms with Crippen molar-refractivity contribution in [2.45, 2.75) is 6.54 Å². The van der Waals surface area contributed by atoms with Crippen LogP contribution in [0.3, 0.4) is 0 Å². The van der Waals surface area contributed by atoms with Crippen LogP contribution in [0.15, 0.2) is 66.9 Å². The molecule has 7 nitrogen and oxygen atoms in total. The van der Waals surface area contributed by atoms with Gasteiger partial charge in [-0.15, -0.1) is 0 Å². The minimum Gasteiger partial charge on any atom is -0.379 e. The lowest BCUT2D eigenvalue weighted by molar-refractivity contribution is -0.135. The Balaban J connectivity index is 1.25. The summed E-state index contributed by atoms with van der Waals surface area (Å²) in [5, 5.41) is 4.93. The number of hydrogen-bond acceptors (Lipinski definition) is 5. The van der Waals surface area contributed by atoms with Crippen LogP contribution in [0.1, 0.15) is 5.56 Å². The standard InChI is InChI=1S/C26H31N5O2/c32-25(21-29-15-17-33-18-16-29)30-13-11-28(12-14-30)19-23-20-31(24-9-5-2-6-10-24)27-26(23)22-7-3-1-4-8-22/h1-10,20H,11-19,21H2. The number of benzene rings is 2. The Hall–Kier alpha value is -3.00. The first-order chi connectivity index (χ1) is 16.3. The van der Waals surface area contributed by atoms with Gasteiger partial charge < -0.3 is 9.64 Å². The van der Waals surface area contributed by atoms with Gasteiger partial charge in [0, 0.05) is 63.1 Å². The van der Waals surface area contributed by atoms with Gasteiger partial charge in [0.15, 0.2) is 0 Å². The summed E-state index contributed by atoms with van der Waals surface area (Å²) in [6, 6.07) is 20.6. The molecule has 0 radical (unpaired) electrons. The molecule has 2 saturated heterocycles. The van der Waals surface area contributed by atoms with E-state index in [1.807, 2.05) is 33.8 Å². The first-order valence-electron chi connectivity index (χ1n) is 11.8. The average molecular weight is 446 g/mol. The van der Waals surface area contributed by atoms with Crippen LogP contribution in [-0.2, 0) is 16.1 Å². The number of para-hydroxylation sites is 1. The minimum atomic E-state index is 0.235. The summed E-state index contributed by atoms with van der Waals surface area (Å²) in [5.74, 6) is 0.235. The third-order valence-corrected chi connectivity index (χ3v) is 6.44. The van der Waals surface area contributed by atoms with Gasteiger partial charge >= 0.3 is 0 Å². The molecule has 7 heteroatoms. The number of carbonyl (C=O) groups excluding carboxylic acids is 1. The van der Waals surface area contributed by atoms with Gasteiger partial charge in [0.2, 0.25) is 5.91 Å². The fraction of sp³-hybridized carbons (Fsp3) is 0.385. The molecule has 0 atom stereocenters. The fourth-order valence-electron chi connectivity index (χ4n) is 4.52. The Bertz CT molecular complexity index is 1040. The first-order valence-corrected chi connectivity index (χ1v) is 11.8. The van der Waals surface area contributed by atoms with Crippen LogP contribution < -0.4 is 0 Å². The quantitative estimate of drug-likeness (QED) is 0.584. The van der Waals surface area contributed by atoms with E-state index in [0.717, 1.165) is 76.0 Å². The zero-order valence-electron chi connectivity index (χ0n) is 19.0. The Morgan fingerprint density at radius 2 is 1.48 bits per heavy atom. The summed E-state index contributed by atoms with van der Waals surface area (Å²) in [6.07, 6.45) is 2.15. The highest BCUT2D eigenvalue weighted by atomic mass is 16.5. The van der Waals surface area contributed by atoms with Crippen molar-refractivity contribution < 1.29 is 9.53 Å². The molecule has 0 spiro atoms. The molecule has 3 heterocycles. The second-order valence-electron chi connectivity index (χ2n) is 8.69. The summed E-state index contributed by atoms with van der Waals surface area (Å²) >= 11 is 0. The molecule has 2 aromatic carbocycles. The molecule has 172 valence electrons. The van der Waals surface area contributed by atoms with Crippen molar-refractivity contribution in [2.75, 3.05) is 59.0 Å².